The zero-order valence-corrected chi connectivity index (χ0v) is 10.4. The van der Waals surface area contributed by atoms with E-state index < -0.39 is 0 Å². The highest BCUT2D eigenvalue weighted by molar-refractivity contribution is 5.95. The van der Waals surface area contributed by atoms with Crippen LogP contribution in [-0.2, 0) is 6.54 Å². The average Bonchev–Trinajstić information content (AvgIpc) is 2.97. The van der Waals surface area contributed by atoms with E-state index in [0.717, 1.165) is 28.2 Å². The lowest BCUT2D eigenvalue weighted by atomic mass is 10.1. The van der Waals surface area contributed by atoms with E-state index in [1.807, 2.05) is 24.3 Å². The van der Waals surface area contributed by atoms with Crippen molar-refractivity contribution >= 4 is 16.6 Å². The molecule has 1 aromatic carbocycles. The Hall–Kier alpha value is -2.63. The highest BCUT2D eigenvalue weighted by Gasteiger charge is 2.06. The third-order valence-electron chi connectivity index (χ3n) is 2.87. The molecule has 2 N–H and O–H groups in total. The van der Waals surface area contributed by atoms with E-state index in [1.165, 1.54) is 6.33 Å². The molecule has 0 saturated carbocycles. The summed E-state index contributed by atoms with van der Waals surface area (Å²) >= 11 is 0. The molecule has 0 aliphatic heterocycles. The van der Waals surface area contributed by atoms with Gasteiger partial charge in [0.2, 0.25) is 0 Å². The van der Waals surface area contributed by atoms with Crippen molar-refractivity contribution in [3.8, 4) is 5.75 Å². The molecule has 96 valence electrons. The third kappa shape index (κ3) is 2.20. The largest absolute Gasteiger partial charge is 0.496 e. The molecule has 3 rings (SSSR count). The minimum Gasteiger partial charge on any atom is -0.496 e. The second-order valence-electron chi connectivity index (χ2n) is 4.00. The third-order valence-corrected chi connectivity index (χ3v) is 2.87. The summed E-state index contributed by atoms with van der Waals surface area (Å²) in [6.07, 6.45) is 3.24. The van der Waals surface area contributed by atoms with Crippen LogP contribution >= 0.6 is 0 Å². The van der Waals surface area contributed by atoms with Crippen LogP contribution in [0, 0.1) is 0 Å². The fraction of sp³-hybridized carbons (Fsp3) is 0.154. The first kappa shape index (κ1) is 11.5. The second-order valence-corrected chi connectivity index (χ2v) is 4.00. The van der Waals surface area contributed by atoms with Gasteiger partial charge in [0, 0.05) is 17.0 Å². The molecule has 0 fully saturated rings. The predicted octanol–water partition coefficient (Wildman–Crippen LogP) is 1.97. The van der Waals surface area contributed by atoms with Crippen molar-refractivity contribution in [2.45, 2.75) is 6.54 Å². The smallest absolute Gasteiger partial charge is 0.143 e. The lowest BCUT2D eigenvalue weighted by molar-refractivity contribution is 0.420. The van der Waals surface area contributed by atoms with Crippen LogP contribution in [-0.4, -0.2) is 27.3 Å². The fourth-order valence-corrected chi connectivity index (χ4v) is 1.98. The van der Waals surface area contributed by atoms with Crippen LogP contribution < -0.4 is 10.1 Å². The Bertz CT molecular complexity index is 681. The summed E-state index contributed by atoms with van der Waals surface area (Å²) in [5.74, 6) is 2.40. The molecular formula is C13H13N5O. The normalized spacial score (nSPS) is 10.6. The van der Waals surface area contributed by atoms with E-state index in [-0.39, 0.29) is 0 Å². The van der Waals surface area contributed by atoms with E-state index >= 15 is 0 Å². The van der Waals surface area contributed by atoms with E-state index in [0.29, 0.717) is 6.54 Å². The van der Waals surface area contributed by atoms with Crippen molar-refractivity contribution in [1.82, 2.24) is 20.2 Å². The number of ether oxygens (including phenoxy) is 1. The molecule has 0 aliphatic rings. The Morgan fingerprint density at radius 2 is 2.16 bits per heavy atom. The van der Waals surface area contributed by atoms with Gasteiger partial charge < -0.3 is 10.1 Å². The van der Waals surface area contributed by atoms with Crippen LogP contribution in [0.25, 0.3) is 10.8 Å². The summed E-state index contributed by atoms with van der Waals surface area (Å²) in [5, 5.41) is 11.9. The number of rotatable bonds is 4. The first-order valence-electron chi connectivity index (χ1n) is 5.88. The Labute approximate surface area is 109 Å². The van der Waals surface area contributed by atoms with Crippen molar-refractivity contribution < 1.29 is 4.74 Å². The number of anilines is 1. The number of fused-ring (bicyclic) bond motifs is 1. The maximum absolute atomic E-state index is 5.35. The van der Waals surface area contributed by atoms with Crippen LogP contribution in [0.1, 0.15) is 5.82 Å². The maximum atomic E-state index is 5.35. The summed E-state index contributed by atoms with van der Waals surface area (Å²) in [4.78, 5) is 8.42. The van der Waals surface area contributed by atoms with Gasteiger partial charge in [-0.25, -0.2) is 9.97 Å². The number of aromatic nitrogens is 4. The Morgan fingerprint density at radius 1 is 1.21 bits per heavy atom. The molecule has 0 aliphatic carbocycles. The molecule has 0 bridgehead atoms. The maximum Gasteiger partial charge on any atom is 0.143 e. The number of H-pyrrole nitrogens is 1. The van der Waals surface area contributed by atoms with E-state index in [9.17, 15) is 0 Å². The van der Waals surface area contributed by atoms with E-state index in [2.05, 4.69) is 25.5 Å². The van der Waals surface area contributed by atoms with Gasteiger partial charge in [-0.15, -0.1) is 0 Å². The van der Waals surface area contributed by atoms with Crippen LogP contribution in [0.15, 0.2) is 36.8 Å². The van der Waals surface area contributed by atoms with Crippen molar-refractivity contribution in [2.75, 3.05) is 12.4 Å². The van der Waals surface area contributed by atoms with Crippen molar-refractivity contribution in [3.63, 3.8) is 0 Å². The standard InChI is InChI=1S/C13H13N5O/c1-19-11-4-2-3-10-9(11)5-6-14-13(10)15-7-12-16-8-17-18-12/h2-6,8H,7H2,1H3,(H,14,15)(H,16,17,18). The minimum absolute atomic E-state index is 0.545. The van der Waals surface area contributed by atoms with Gasteiger partial charge in [0.05, 0.1) is 13.7 Å². The highest BCUT2D eigenvalue weighted by atomic mass is 16.5. The van der Waals surface area contributed by atoms with Crippen molar-refractivity contribution in [2.24, 2.45) is 0 Å². The van der Waals surface area contributed by atoms with Gasteiger partial charge in [0.25, 0.3) is 0 Å². The molecule has 2 aromatic heterocycles. The molecule has 0 unspecified atom stereocenters. The molecule has 0 saturated heterocycles. The molecule has 19 heavy (non-hydrogen) atoms. The second kappa shape index (κ2) is 4.93. The number of hydrogen-bond acceptors (Lipinski definition) is 5. The zero-order valence-electron chi connectivity index (χ0n) is 10.4. The fourth-order valence-electron chi connectivity index (χ4n) is 1.98. The van der Waals surface area contributed by atoms with Crippen molar-refractivity contribution in [1.29, 1.82) is 0 Å². The predicted molar refractivity (Wildman–Crippen MR) is 72.0 cm³/mol. The zero-order chi connectivity index (χ0) is 13.1. The first-order valence-corrected chi connectivity index (χ1v) is 5.88. The lowest BCUT2D eigenvalue weighted by Gasteiger charge is -2.09. The molecule has 0 amide bonds. The topological polar surface area (TPSA) is 75.7 Å². The Balaban J connectivity index is 1.95. The van der Waals surface area contributed by atoms with Gasteiger partial charge in [-0.05, 0) is 12.1 Å². The molecule has 2 heterocycles. The molecule has 6 nitrogen and oxygen atoms in total. The van der Waals surface area contributed by atoms with Crippen LogP contribution in [0.2, 0.25) is 0 Å². The van der Waals surface area contributed by atoms with Gasteiger partial charge in [0.15, 0.2) is 0 Å². The number of pyridine rings is 1. The van der Waals surface area contributed by atoms with Gasteiger partial charge in [0.1, 0.15) is 23.7 Å². The number of nitrogens with one attached hydrogen (secondary N) is 2. The first-order chi connectivity index (χ1) is 9.38. The molecule has 0 spiro atoms. The SMILES string of the molecule is COc1cccc2c(NCc3ncn[nH]3)nccc12. The van der Waals surface area contributed by atoms with Gasteiger partial charge in [-0.3, -0.25) is 5.10 Å². The van der Waals surface area contributed by atoms with Crippen LogP contribution in [0.4, 0.5) is 5.82 Å². The molecule has 0 radical (unpaired) electrons. The summed E-state index contributed by atoms with van der Waals surface area (Å²) < 4.78 is 5.35. The van der Waals surface area contributed by atoms with Gasteiger partial charge in [-0.2, -0.15) is 5.10 Å². The summed E-state index contributed by atoms with van der Waals surface area (Å²) in [6.45, 7) is 0.545. The molecule has 0 atom stereocenters. The monoisotopic (exact) mass is 255 g/mol. The van der Waals surface area contributed by atoms with Crippen LogP contribution in [0.3, 0.4) is 0 Å². The molecule has 6 heteroatoms. The quantitative estimate of drug-likeness (QED) is 0.745. The summed E-state index contributed by atoms with van der Waals surface area (Å²) in [5.41, 5.74) is 0. The Morgan fingerprint density at radius 3 is 2.95 bits per heavy atom. The minimum atomic E-state index is 0.545. The number of nitrogens with zero attached hydrogens (tertiary/aromatic N) is 3. The number of hydrogen-bond donors (Lipinski definition) is 2. The Kier molecular flexibility index (Phi) is 2.97. The van der Waals surface area contributed by atoms with Crippen LogP contribution in [0.5, 0.6) is 5.75 Å². The number of methoxy groups -OCH3 is 1. The van der Waals surface area contributed by atoms with Gasteiger partial charge >= 0.3 is 0 Å². The lowest BCUT2D eigenvalue weighted by Crippen LogP contribution is -2.03. The van der Waals surface area contributed by atoms with Crippen molar-refractivity contribution in [3.05, 3.63) is 42.6 Å². The molecule has 3 aromatic rings. The molecular weight excluding hydrogens is 242 g/mol. The van der Waals surface area contributed by atoms with E-state index in [1.54, 1.807) is 13.3 Å². The average molecular weight is 255 g/mol. The number of benzene rings is 1. The van der Waals surface area contributed by atoms with Gasteiger partial charge in [-0.1, -0.05) is 12.1 Å². The summed E-state index contributed by atoms with van der Waals surface area (Å²) in [6, 6.07) is 7.83. The summed E-state index contributed by atoms with van der Waals surface area (Å²) in [7, 11) is 1.66. The van der Waals surface area contributed by atoms with E-state index in [4.69, 9.17) is 4.74 Å². The highest BCUT2D eigenvalue weighted by Crippen LogP contribution is 2.28. The number of aromatic amines is 1.